The van der Waals surface area contributed by atoms with Crippen LogP contribution >= 0.6 is 0 Å². The average Bonchev–Trinajstić information content (AvgIpc) is 2.46. The van der Waals surface area contributed by atoms with Gasteiger partial charge in [0.05, 0.1) is 6.42 Å². The summed E-state index contributed by atoms with van der Waals surface area (Å²) in [6.45, 7) is 0.490. The van der Waals surface area contributed by atoms with E-state index in [1.54, 1.807) is 42.5 Å². The normalized spacial score (nSPS) is 10.1. The predicted octanol–water partition coefficient (Wildman–Crippen LogP) is 2.91. The molecular formula is C16H15FO4. The standard InChI is InChI=1S/C16H15FO4/c17-14-3-1-2-4-15(14)21-10-9-20-13-7-5-12(6-8-13)11-16(18)19/h1-8H,9-11H2,(H,18,19). The third-order valence-electron chi connectivity index (χ3n) is 2.72. The van der Waals surface area contributed by atoms with Gasteiger partial charge in [-0.05, 0) is 29.8 Å². The highest BCUT2D eigenvalue weighted by atomic mass is 19.1. The van der Waals surface area contributed by atoms with Crippen LogP contribution in [0.25, 0.3) is 0 Å². The van der Waals surface area contributed by atoms with Crippen LogP contribution in [0.4, 0.5) is 4.39 Å². The Morgan fingerprint density at radius 3 is 2.33 bits per heavy atom. The Labute approximate surface area is 121 Å². The maximum atomic E-state index is 13.3. The molecule has 0 spiro atoms. The highest BCUT2D eigenvalue weighted by molar-refractivity contribution is 5.70. The minimum Gasteiger partial charge on any atom is -0.490 e. The summed E-state index contributed by atoms with van der Waals surface area (Å²) in [6, 6.07) is 13.0. The number of carbonyl (C=O) groups is 1. The van der Waals surface area contributed by atoms with Crippen LogP contribution in [0.1, 0.15) is 5.56 Å². The zero-order valence-corrected chi connectivity index (χ0v) is 11.3. The van der Waals surface area contributed by atoms with Crippen molar-refractivity contribution in [1.29, 1.82) is 0 Å². The number of para-hydroxylation sites is 1. The van der Waals surface area contributed by atoms with E-state index in [0.29, 0.717) is 11.3 Å². The molecule has 21 heavy (non-hydrogen) atoms. The fourth-order valence-corrected chi connectivity index (χ4v) is 1.75. The molecule has 2 aromatic carbocycles. The summed E-state index contributed by atoms with van der Waals surface area (Å²) in [5.41, 5.74) is 0.706. The van der Waals surface area contributed by atoms with Gasteiger partial charge in [-0.15, -0.1) is 0 Å². The Bertz CT molecular complexity index is 595. The van der Waals surface area contributed by atoms with Gasteiger partial charge >= 0.3 is 5.97 Å². The lowest BCUT2D eigenvalue weighted by atomic mass is 10.1. The summed E-state index contributed by atoms with van der Waals surface area (Å²) in [6.07, 6.45) is -0.0172. The summed E-state index contributed by atoms with van der Waals surface area (Å²) in [4.78, 5) is 10.5. The molecule has 0 saturated carbocycles. The van der Waals surface area contributed by atoms with Gasteiger partial charge in [-0.2, -0.15) is 0 Å². The molecule has 0 saturated heterocycles. The lowest BCUT2D eigenvalue weighted by molar-refractivity contribution is -0.136. The van der Waals surface area contributed by atoms with E-state index in [-0.39, 0.29) is 25.4 Å². The second-order valence-electron chi connectivity index (χ2n) is 4.34. The lowest BCUT2D eigenvalue weighted by Gasteiger charge is -2.09. The second-order valence-corrected chi connectivity index (χ2v) is 4.34. The van der Waals surface area contributed by atoms with E-state index in [0.717, 1.165) is 0 Å². The van der Waals surface area contributed by atoms with E-state index in [4.69, 9.17) is 14.6 Å². The van der Waals surface area contributed by atoms with Gasteiger partial charge in [-0.3, -0.25) is 4.79 Å². The molecule has 110 valence electrons. The highest BCUT2D eigenvalue weighted by Gasteiger charge is 2.02. The smallest absolute Gasteiger partial charge is 0.307 e. The Morgan fingerprint density at radius 1 is 1.00 bits per heavy atom. The molecule has 0 fully saturated rings. The topological polar surface area (TPSA) is 55.8 Å². The van der Waals surface area contributed by atoms with Gasteiger partial charge in [0, 0.05) is 0 Å². The van der Waals surface area contributed by atoms with E-state index in [1.165, 1.54) is 6.07 Å². The first-order valence-corrected chi connectivity index (χ1v) is 6.46. The lowest BCUT2D eigenvalue weighted by Crippen LogP contribution is -2.09. The number of carboxylic acids is 1. The van der Waals surface area contributed by atoms with Gasteiger partial charge in [0.15, 0.2) is 11.6 Å². The molecule has 0 amide bonds. The van der Waals surface area contributed by atoms with Gasteiger partial charge in [0.1, 0.15) is 19.0 Å². The molecule has 0 aliphatic rings. The Kier molecular flexibility index (Phi) is 5.15. The molecule has 2 rings (SSSR count). The number of benzene rings is 2. The van der Waals surface area contributed by atoms with E-state index in [9.17, 15) is 9.18 Å². The number of halogens is 1. The molecule has 5 heteroatoms. The van der Waals surface area contributed by atoms with Crippen LogP contribution in [0.3, 0.4) is 0 Å². The summed E-state index contributed by atoms with van der Waals surface area (Å²) < 4.78 is 24.0. The largest absolute Gasteiger partial charge is 0.490 e. The number of ether oxygens (including phenoxy) is 2. The molecule has 0 aliphatic carbocycles. The van der Waals surface area contributed by atoms with Crippen molar-refractivity contribution in [3.8, 4) is 11.5 Å². The maximum Gasteiger partial charge on any atom is 0.307 e. The predicted molar refractivity (Wildman–Crippen MR) is 75.2 cm³/mol. The first-order valence-electron chi connectivity index (χ1n) is 6.46. The number of hydrogen-bond acceptors (Lipinski definition) is 3. The van der Waals surface area contributed by atoms with Gasteiger partial charge in [0.2, 0.25) is 0 Å². The minimum absolute atomic E-state index is 0.0172. The molecule has 0 aliphatic heterocycles. The van der Waals surface area contributed by atoms with Gasteiger partial charge in [-0.1, -0.05) is 24.3 Å². The zero-order valence-electron chi connectivity index (χ0n) is 11.3. The van der Waals surface area contributed by atoms with Crippen LogP contribution < -0.4 is 9.47 Å². The molecule has 1 N–H and O–H groups in total. The number of carboxylic acid groups (broad SMARTS) is 1. The Balaban J connectivity index is 1.76. The van der Waals surface area contributed by atoms with E-state index >= 15 is 0 Å². The van der Waals surface area contributed by atoms with Crippen molar-refractivity contribution in [2.45, 2.75) is 6.42 Å². The molecule has 0 bridgehead atoms. The van der Waals surface area contributed by atoms with Crippen LogP contribution in [0, 0.1) is 5.82 Å². The Morgan fingerprint density at radius 2 is 1.67 bits per heavy atom. The van der Waals surface area contributed by atoms with Gasteiger partial charge in [-0.25, -0.2) is 4.39 Å². The quantitative estimate of drug-likeness (QED) is 0.797. The van der Waals surface area contributed by atoms with Crippen molar-refractivity contribution in [3.05, 3.63) is 59.9 Å². The molecular weight excluding hydrogens is 275 g/mol. The van der Waals surface area contributed by atoms with Gasteiger partial charge in [0.25, 0.3) is 0 Å². The minimum atomic E-state index is -0.873. The van der Waals surface area contributed by atoms with E-state index < -0.39 is 11.8 Å². The molecule has 0 radical (unpaired) electrons. The van der Waals surface area contributed by atoms with Crippen molar-refractivity contribution in [3.63, 3.8) is 0 Å². The molecule has 0 atom stereocenters. The fraction of sp³-hybridized carbons (Fsp3) is 0.188. The van der Waals surface area contributed by atoms with Crippen LogP contribution in [-0.2, 0) is 11.2 Å². The summed E-state index contributed by atoms with van der Waals surface area (Å²) in [5.74, 6) is -0.475. The first kappa shape index (κ1) is 14.8. The number of hydrogen-bond donors (Lipinski definition) is 1. The van der Waals surface area contributed by atoms with Crippen molar-refractivity contribution in [2.75, 3.05) is 13.2 Å². The fourth-order valence-electron chi connectivity index (χ4n) is 1.75. The van der Waals surface area contributed by atoms with Crippen molar-refractivity contribution < 1.29 is 23.8 Å². The van der Waals surface area contributed by atoms with Crippen LogP contribution in [-0.4, -0.2) is 24.3 Å². The molecule has 0 unspecified atom stereocenters. The van der Waals surface area contributed by atoms with Crippen molar-refractivity contribution in [2.24, 2.45) is 0 Å². The van der Waals surface area contributed by atoms with E-state index in [1.807, 2.05) is 0 Å². The van der Waals surface area contributed by atoms with E-state index in [2.05, 4.69) is 0 Å². The van der Waals surface area contributed by atoms with Crippen LogP contribution in [0.2, 0.25) is 0 Å². The monoisotopic (exact) mass is 290 g/mol. The molecule has 0 aromatic heterocycles. The third kappa shape index (κ3) is 4.80. The third-order valence-corrected chi connectivity index (χ3v) is 2.72. The van der Waals surface area contributed by atoms with Crippen molar-refractivity contribution >= 4 is 5.97 Å². The van der Waals surface area contributed by atoms with Crippen molar-refractivity contribution in [1.82, 2.24) is 0 Å². The SMILES string of the molecule is O=C(O)Cc1ccc(OCCOc2ccccc2F)cc1. The van der Waals surface area contributed by atoms with Crippen LogP contribution in [0.5, 0.6) is 11.5 Å². The van der Waals surface area contributed by atoms with Gasteiger partial charge < -0.3 is 14.6 Å². The number of rotatable bonds is 7. The second kappa shape index (κ2) is 7.28. The maximum absolute atomic E-state index is 13.3. The Hall–Kier alpha value is -2.56. The molecule has 0 heterocycles. The summed E-state index contributed by atoms with van der Waals surface area (Å²) >= 11 is 0. The summed E-state index contributed by atoms with van der Waals surface area (Å²) in [7, 11) is 0. The van der Waals surface area contributed by atoms with Crippen LogP contribution in [0.15, 0.2) is 48.5 Å². The first-order chi connectivity index (χ1) is 10.1. The zero-order chi connectivity index (χ0) is 15.1. The molecule has 4 nitrogen and oxygen atoms in total. The molecule has 2 aromatic rings. The highest BCUT2D eigenvalue weighted by Crippen LogP contribution is 2.16. The summed E-state index contributed by atoms with van der Waals surface area (Å²) in [5, 5.41) is 8.66. The average molecular weight is 290 g/mol. The number of aliphatic carboxylic acids is 1.